The standard InChI is InChI=1S/C13H16N2O5/c1-7(2)10(13(17)18)14-12(16)9-6-4-5-8(3)11(9)15(19)20/h4-7,10H,1-3H3,(H,14,16)(H,17,18)/t10-/m0/s1. The Labute approximate surface area is 115 Å². The minimum Gasteiger partial charge on any atom is -0.480 e. The Hall–Kier alpha value is -2.44. The second-order valence-electron chi connectivity index (χ2n) is 4.76. The van der Waals surface area contributed by atoms with Gasteiger partial charge >= 0.3 is 5.97 Å². The molecule has 1 aromatic rings. The quantitative estimate of drug-likeness (QED) is 0.630. The maximum atomic E-state index is 12.1. The van der Waals surface area contributed by atoms with Crippen molar-refractivity contribution in [2.24, 2.45) is 5.92 Å². The van der Waals surface area contributed by atoms with Crippen LogP contribution in [0.1, 0.15) is 29.8 Å². The number of para-hydroxylation sites is 1. The lowest BCUT2D eigenvalue weighted by Gasteiger charge is -2.18. The molecule has 0 saturated carbocycles. The van der Waals surface area contributed by atoms with Crippen LogP contribution in [0, 0.1) is 23.0 Å². The first-order valence-corrected chi connectivity index (χ1v) is 6.03. The lowest BCUT2D eigenvalue weighted by atomic mass is 10.0. The largest absolute Gasteiger partial charge is 0.480 e. The Morgan fingerprint density at radius 2 is 1.95 bits per heavy atom. The van der Waals surface area contributed by atoms with Gasteiger partial charge in [0.25, 0.3) is 11.6 Å². The molecule has 0 aliphatic carbocycles. The fourth-order valence-corrected chi connectivity index (χ4v) is 1.82. The van der Waals surface area contributed by atoms with Crippen molar-refractivity contribution in [3.63, 3.8) is 0 Å². The Bertz CT molecular complexity index is 554. The molecule has 0 aliphatic heterocycles. The molecule has 7 nitrogen and oxygen atoms in total. The van der Waals surface area contributed by atoms with Gasteiger partial charge < -0.3 is 10.4 Å². The predicted molar refractivity (Wildman–Crippen MR) is 71.6 cm³/mol. The Morgan fingerprint density at radius 3 is 2.40 bits per heavy atom. The molecule has 0 fully saturated rings. The highest BCUT2D eigenvalue weighted by Crippen LogP contribution is 2.23. The Kier molecular flexibility index (Phi) is 4.79. The zero-order chi connectivity index (χ0) is 15.4. The summed E-state index contributed by atoms with van der Waals surface area (Å²) in [5.41, 5.74) is -0.0983. The maximum absolute atomic E-state index is 12.1. The Balaban J connectivity index is 3.13. The smallest absolute Gasteiger partial charge is 0.326 e. The summed E-state index contributed by atoms with van der Waals surface area (Å²) >= 11 is 0. The van der Waals surface area contributed by atoms with Gasteiger partial charge in [0.1, 0.15) is 11.6 Å². The van der Waals surface area contributed by atoms with E-state index in [1.807, 2.05) is 0 Å². The average molecular weight is 280 g/mol. The molecular weight excluding hydrogens is 264 g/mol. The molecule has 0 unspecified atom stereocenters. The van der Waals surface area contributed by atoms with Gasteiger partial charge in [-0.2, -0.15) is 0 Å². The molecule has 108 valence electrons. The van der Waals surface area contributed by atoms with Crippen LogP contribution >= 0.6 is 0 Å². The van der Waals surface area contributed by atoms with Crippen molar-refractivity contribution >= 4 is 17.6 Å². The van der Waals surface area contributed by atoms with E-state index < -0.39 is 22.8 Å². The summed E-state index contributed by atoms with van der Waals surface area (Å²) in [5.74, 6) is -2.27. The van der Waals surface area contributed by atoms with Gasteiger partial charge in [-0.15, -0.1) is 0 Å². The van der Waals surface area contributed by atoms with E-state index in [9.17, 15) is 19.7 Å². The monoisotopic (exact) mass is 280 g/mol. The SMILES string of the molecule is Cc1cccc(C(=O)N[C@H](C(=O)O)C(C)C)c1[N+](=O)[O-]. The number of carbonyl (C=O) groups excluding carboxylic acids is 1. The minimum atomic E-state index is -1.18. The van der Waals surface area contributed by atoms with Crippen molar-refractivity contribution in [3.05, 3.63) is 39.4 Å². The van der Waals surface area contributed by atoms with Crippen LogP contribution in [-0.2, 0) is 4.79 Å². The molecule has 2 N–H and O–H groups in total. The van der Waals surface area contributed by atoms with Gasteiger partial charge in [0.15, 0.2) is 0 Å². The molecule has 1 atom stereocenters. The zero-order valence-corrected chi connectivity index (χ0v) is 11.4. The van der Waals surface area contributed by atoms with Crippen molar-refractivity contribution in [1.82, 2.24) is 5.32 Å². The van der Waals surface area contributed by atoms with Gasteiger partial charge in [-0.1, -0.05) is 26.0 Å². The van der Waals surface area contributed by atoms with Crippen LogP contribution < -0.4 is 5.32 Å². The number of aliphatic carboxylic acids is 1. The van der Waals surface area contributed by atoms with Gasteiger partial charge in [-0.05, 0) is 18.9 Å². The number of carboxylic acid groups (broad SMARTS) is 1. The number of rotatable bonds is 5. The number of nitro benzene ring substituents is 1. The molecule has 7 heteroatoms. The van der Waals surface area contributed by atoms with Gasteiger partial charge in [-0.25, -0.2) is 4.79 Å². The minimum absolute atomic E-state index is 0.137. The third-order valence-electron chi connectivity index (χ3n) is 2.88. The normalized spacial score (nSPS) is 12.0. The molecule has 0 heterocycles. The highest BCUT2D eigenvalue weighted by Gasteiger charge is 2.28. The van der Waals surface area contributed by atoms with E-state index in [1.54, 1.807) is 13.8 Å². The molecule has 0 bridgehead atoms. The number of nitrogens with zero attached hydrogens (tertiary/aromatic N) is 1. The van der Waals surface area contributed by atoms with E-state index in [0.29, 0.717) is 5.56 Å². The number of hydrogen-bond donors (Lipinski definition) is 2. The molecule has 0 radical (unpaired) electrons. The van der Waals surface area contributed by atoms with E-state index in [1.165, 1.54) is 25.1 Å². The molecule has 1 rings (SSSR count). The molecule has 1 amide bonds. The number of carbonyl (C=O) groups is 2. The van der Waals surface area contributed by atoms with Crippen LogP contribution in [0.15, 0.2) is 18.2 Å². The van der Waals surface area contributed by atoms with E-state index in [4.69, 9.17) is 5.11 Å². The first-order chi connectivity index (χ1) is 9.25. The van der Waals surface area contributed by atoms with Crippen molar-refractivity contribution in [2.75, 3.05) is 0 Å². The van der Waals surface area contributed by atoms with Crippen molar-refractivity contribution in [3.8, 4) is 0 Å². The number of carboxylic acids is 1. The van der Waals surface area contributed by atoms with E-state index in [-0.39, 0.29) is 17.2 Å². The van der Waals surface area contributed by atoms with Crippen molar-refractivity contribution in [1.29, 1.82) is 0 Å². The van der Waals surface area contributed by atoms with Crippen LogP contribution in [0.25, 0.3) is 0 Å². The second kappa shape index (κ2) is 6.14. The Morgan fingerprint density at radius 1 is 1.35 bits per heavy atom. The summed E-state index contributed by atoms with van der Waals surface area (Å²) in [5, 5.41) is 22.3. The molecular formula is C13H16N2O5. The molecule has 0 saturated heterocycles. The number of hydrogen-bond acceptors (Lipinski definition) is 4. The number of aryl methyl sites for hydroxylation is 1. The first-order valence-electron chi connectivity index (χ1n) is 6.03. The highest BCUT2D eigenvalue weighted by molar-refractivity contribution is 6.00. The van der Waals surface area contributed by atoms with E-state index in [2.05, 4.69) is 5.32 Å². The maximum Gasteiger partial charge on any atom is 0.326 e. The number of amides is 1. The van der Waals surface area contributed by atoms with Crippen molar-refractivity contribution < 1.29 is 19.6 Å². The van der Waals surface area contributed by atoms with Crippen LogP contribution in [0.3, 0.4) is 0 Å². The number of benzene rings is 1. The second-order valence-corrected chi connectivity index (χ2v) is 4.76. The van der Waals surface area contributed by atoms with Gasteiger partial charge in [0, 0.05) is 5.56 Å². The number of nitrogens with one attached hydrogen (secondary N) is 1. The fourth-order valence-electron chi connectivity index (χ4n) is 1.82. The van der Waals surface area contributed by atoms with Crippen LogP contribution in [0.5, 0.6) is 0 Å². The third-order valence-corrected chi connectivity index (χ3v) is 2.88. The zero-order valence-electron chi connectivity index (χ0n) is 11.4. The van der Waals surface area contributed by atoms with Crippen LogP contribution in [0.2, 0.25) is 0 Å². The van der Waals surface area contributed by atoms with E-state index in [0.717, 1.165) is 0 Å². The number of nitro groups is 1. The first kappa shape index (κ1) is 15.6. The fraction of sp³-hybridized carbons (Fsp3) is 0.385. The van der Waals surface area contributed by atoms with E-state index >= 15 is 0 Å². The molecule has 0 aromatic heterocycles. The summed E-state index contributed by atoms with van der Waals surface area (Å²) in [6, 6.07) is 3.25. The highest BCUT2D eigenvalue weighted by atomic mass is 16.6. The summed E-state index contributed by atoms with van der Waals surface area (Å²) in [4.78, 5) is 33.5. The molecule has 1 aromatic carbocycles. The average Bonchev–Trinajstić information content (AvgIpc) is 2.33. The van der Waals surface area contributed by atoms with Gasteiger partial charge in [0.2, 0.25) is 0 Å². The molecule has 20 heavy (non-hydrogen) atoms. The predicted octanol–water partition coefficient (Wildman–Crippen LogP) is 1.74. The van der Waals surface area contributed by atoms with Crippen molar-refractivity contribution in [2.45, 2.75) is 26.8 Å². The third kappa shape index (κ3) is 3.31. The summed E-state index contributed by atoms with van der Waals surface area (Å²) in [7, 11) is 0. The van der Waals surface area contributed by atoms with Gasteiger partial charge in [-0.3, -0.25) is 14.9 Å². The summed E-state index contributed by atoms with van der Waals surface area (Å²) < 4.78 is 0. The lowest BCUT2D eigenvalue weighted by Crippen LogP contribution is -2.44. The lowest BCUT2D eigenvalue weighted by molar-refractivity contribution is -0.385. The summed E-state index contributed by atoms with van der Waals surface area (Å²) in [6.45, 7) is 4.81. The summed E-state index contributed by atoms with van der Waals surface area (Å²) in [6.07, 6.45) is 0. The topological polar surface area (TPSA) is 110 Å². The van der Waals surface area contributed by atoms with Crippen LogP contribution in [-0.4, -0.2) is 27.9 Å². The van der Waals surface area contributed by atoms with Crippen LogP contribution in [0.4, 0.5) is 5.69 Å². The molecule has 0 spiro atoms. The van der Waals surface area contributed by atoms with Gasteiger partial charge in [0.05, 0.1) is 4.92 Å². The molecule has 0 aliphatic rings.